The number of rotatable bonds is 6. The molecule has 0 unspecified atom stereocenters. The van der Waals surface area contributed by atoms with Gasteiger partial charge in [0.05, 0.1) is 18.4 Å². The fourth-order valence-corrected chi connectivity index (χ4v) is 2.68. The van der Waals surface area contributed by atoms with E-state index >= 15 is 0 Å². The zero-order valence-electron chi connectivity index (χ0n) is 12.8. The van der Waals surface area contributed by atoms with Crippen molar-refractivity contribution >= 4 is 29.1 Å². The van der Waals surface area contributed by atoms with E-state index < -0.39 is 11.6 Å². The smallest absolute Gasteiger partial charge is 0.463 e. The Hall–Kier alpha value is -2.45. The van der Waals surface area contributed by atoms with Gasteiger partial charge in [0.2, 0.25) is 5.91 Å². The van der Waals surface area contributed by atoms with E-state index in [0.29, 0.717) is 12.3 Å². The van der Waals surface area contributed by atoms with Gasteiger partial charge in [0.1, 0.15) is 12.3 Å². The molecule has 9 heteroatoms. The first-order valence-corrected chi connectivity index (χ1v) is 7.79. The van der Waals surface area contributed by atoms with Crippen LogP contribution in [0.4, 0.5) is 14.5 Å². The van der Waals surface area contributed by atoms with Crippen molar-refractivity contribution in [3.63, 3.8) is 0 Å². The van der Waals surface area contributed by atoms with Crippen molar-refractivity contribution in [1.29, 1.82) is 0 Å². The lowest BCUT2D eigenvalue weighted by Gasteiger charge is -2.15. The lowest BCUT2D eigenvalue weighted by Crippen LogP contribution is -2.90. The Bertz CT molecular complexity index is 759. The molecule has 1 aliphatic heterocycles. The molecule has 1 aliphatic rings. The van der Waals surface area contributed by atoms with Crippen LogP contribution in [0.15, 0.2) is 47.1 Å². The second kappa shape index (κ2) is 6.81. The van der Waals surface area contributed by atoms with Crippen molar-refractivity contribution in [1.82, 2.24) is 0 Å². The van der Waals surface area contributed by atoms with E-state index in [-0.39, 0.29) is 29.7 Å². The fourth-order valence-electron chi connectivity index (χ4n) is 2.59. The van der Waals surface area contributed by atoms with Crippen LogP contribution >= 0.6 is 11.6 Å². The monoisotopic (exact) mass is 371 g/mol. The molecule has 0 radical (unpaired) electrons. The Kier molecular flexibility index (Phi) is 4.73. The second-order valence-electron chi connectivity index (χ2n) is 5.44. The van der Waals surface area contributed by atoms with Gasteiger partial charge in [-0.1, -0.05) is 0 Å². The summed E-state index contributed by atoms with van der Waals surface area (Å²) in [6.07, 6.45) is 1.59. The summed E-state index contributed by atoms with van der Waals surface area (Å²) in [5, 5.41) is 1.73. The molecule has 1 atom stereocenters. The van der Waals surface area contributed by atoms with Crippen LogP contribution in [0.5, 0.6) is 5.75 Å². The number of halogens is 3. The Morgan fingerprint density at radius 2 is 2.00 bits per heavy atom. The standard InChI is InChI=1S/C16H13ClF2N2O4/c17-16(18,19)25-11-5-3-10(4-6-11)21-14(22)8-13(15(21)23)20-9-12-2-1-7-24-12/h1-7,13,20H,8-9H2/p+1/t13-/m1/s1. The quantitative estimate of drug-likeness (QED) is 0.621. The number of hydrogen-bond donors (Lipinski definition) is 1. The Morgan fingerprint density at radius 3 is 2.60 bits per heavy atom. The van der Waals surface area contributed by atoms with Crippen LogP contribution in [0.3, 0.4) is 0 Å². The van der Waals surface area contributed by atoms with Gasteiger partial charge >= 0.3 is 5.57 Å². The van der Waals surface area contributed by atoms with Gasteiger partial charge in [-0.3, -0.25) is 9.59 Å². The number of amides is 2. The molecule has 6 nitrogen and oxygen atoms in total. The van der Waals surface area contributed by atoms with Crippen molar-refractivity contribution in [2.24, 2.45) is 0 Å². The maximum atomic E-state index is 12.6. The van der Waals surface area contributed by atoms with Gasteiger partial charge in [-0.25, -0.2) is 4.90 Å². The SMILES string of the molecule is O=C1C[C@@H]([NH2+]Cc2ccco2)C(=O)N1c1ccc(OC(F)(F)Cl)cc1. The summed E-state index contributed by atoms with van der Waals surface area (Å²) in [5.41, 5.74) is -3.54. The highest BCUT2D eigenvalue weighted by Crippen LogP contribution is 2.28. The van der Waals surface area contributed by atoms with Crippen LogP contribution in [0, 0.1) is 0 Å². The molecular formula is C16H14ClF2N2O4+. The molecule has 0 saturated carbocycles. The molecule has 132 valence electrons. The third-order valence-electron chi connectivity index (χ3n) is 3.69. The van der Waals surface area contributed by atoms with Crippen molar-refractivity contribution in [3.05, 3.63) is 48.4 Å². The average molecular weight is 372 g/mol. The van der Waals surface area contributed by atoms with E-state index in [4.69, 9.17) is 16.0 Å². The van der Waals surface area contributed by atoms with E-state index in [1.807, 2.05) is 0 Å². The summed E-state index contributed by atoms with van der Waals surface area (Å²) in [6, 6.07) is 8.09. The number of carbonyl (C=O) groups is 2. The number of alkyl halides is 3. The third kappa shape index (κ3) is 4.15. The number of imide groups is 1. The number of furan rings is 1. The fraction of sp³-hybridized carbons (Fsp3) is 0.250. The topological polar surface area (TPSA) is 76.4 Å². The molecule has 2 heterocycles. The summed E-state index contributed by atoms with van der Waals surface area (Å²) in [6.45, 7) is 0.433. The molecule has 2 N–H and O–H groups in total. The molecule has 1 saturated heterocycles. The molecular weight excluding hydrogens is 358 g/mol. The number of quaternary nitrogens is 1. The molecule has 2 aromatic rings. The molecule has 1 aromatic heterocycles. The van der Waals surface area contributed by atoms with Crippen molar-refractivity contribution in [3.8, 4) is 5.75 Å². The second-order valence-corrected chi connectivity index (χ2v) is 5.88. The number of carbonyl (C=O) groups excluding carboxylic acids is 2. The van der Waals surface area contributed by atoms with Gasteiger partial charge in [-0.15, -0.1) is 8.78 Å². The number of nitrogens with zero attached hydrogens (tertiary/aromatic N) is 1. The van der Waals surface area contributed by atoms with Gasteiger partial charge in [-0.05, 0) is 36.4 Å². The van der Waals surface area contributed by atoms with Crippen LogP contribution in [0.1, 0.15) is 12.2 Å². The molecule has 3 rings (SSSR count). The van der Waals surface area contributed by atoms with Crippen molar-refractivity contribution in [2.75, 3.05) is 4.90 Å². The van der Waals surface area contributed by atoms with Gasteiger partial charge < -0.3 is 14.5 Å². The van der Waals surface area contributed by atoms with E-state index in [1.54, 1.807) is 17.4 Å². The summed E-state index contributed by atoms with van der Waals surface area (Å²) in [7, 11) is 0. The maximum absolute atomic E-state index is 12.6. The summed E-state index contributed by atoms with van der Waals surface area (Å²) >= 11 is 4.69. The van der Waals surface area contributed by atoms with E-state index in [2.05, 4.69) is 4.74 Å². The van der Waals surface area contributed by atoms with Gasteiger partial charge in [0.25, 0.3) is 5.91 Å². The predicted molar refractivity (Wildman–Crippen MR) is 83.1 cm³/mol. The first kappa shape index (κ1) is 17.4. The molecule has 0 aliphatic carbocycles. The average Bonchev–Trinajstić information content (AvgIpc) is 3.13. The minimum atomic E-state index is -3.83. The zero-order valence-corrected chi connectivity index (χ0v) is 13.6. The largest absolute Gasteiger partial charge is 0.487 e. The van der Waals surface area contributed by atoms with Crippen LogP contribution in [0.2, 0.25) is 0 Å². The summed E-state index contributed by atoms with van der Waals surface area (Å²) in [4.78, 5) is 25.7. The summed E-state index contributed by atoms with van der Waals surface area (Å²) in [5.74, 6) is -0.207. The zero-order chi connectivity index (χ0) is 18.0. The van der Waals surface area contributed by atoms with Crippen molar-refractivity contribution < 1.29 is 32.8 Å². The summed E-state index contributed by atoms with van der Waals surface area (Å²) < 4.78 is 34.6. The minimum Gasteiger partial charge on any atom is -0.463 e. The Morgan fingerprint density at radius 1 is 1.28 bits per heavy atom. The van der Waals surface area contributed by atoms with Crippen molar-refractivity contribution in [2.45, 2.75) is 24.6 Å². The third-order valence-corrected chi connectivity index (χ3v) is 3.77. The Balaban J connectivity index is 1.67. The molecule has 2 amide bonds. The van der Waals surface area contributed by atoms with E-state index in [9.17, 15) is 18.4 Å². The van der Waals surface area contributed by atoms with Crippen LogP contribution < -0.4 is 15.0 Å². The lowest BCUT2D eigenvalue weighted by atomic mass is 10.2. The molecule has 1 aromatic carbocycles. The normalized spacial score (nSPS) is 18.0. The molecule has 25 heavy (non-hydrogen) atoms. The number of anilines is 1. The lowest BCUT2D eigenvalue weighted by molar-refractivity contribution is -0.691. The minimum absolute atomic E-state index is 0.0531. The number of benzene rings is 1. The predicted octanol–water partition coefficient (Wildman–Crippen LogP) is 1.84. The van der Waals surface area contributed by atoms with Crippen LogP contribution in [-0.4, -0.2) is 23.4 Å². The maximum Gasteiger partial charge on any atom is 0.487 e. The van der Waals surface area contributed by atoms with Gasteiger partial charge in [0, 0.05) is 11.6 Å². The molecule has 0 spiro atoms. The van der Waals surface area contributed by atoms with E-state index in [1.165, 1.54) is 30.5 Å². The van der Waals surface area contributed by atoms with Gasteiger partial charge in [-0.2, -0.15) is 0 Å². The number of ether oxygens (including phenoxy) is 1. The highest BCUT2D eigenvalue weighted by Gasteiger charge is 2.42. The molecule has 1 fully saturated rings. The number of hydrogen-bond acceptors (Lipinski definition) is 4. The number of nitrogens with two attached hydrogens (primary N) is 1. The van der Waals surface area contributed by atoms with Gasteiger partial charge in [0.15, 0.2) is 11.8 Å². The Labute approximate surface area is 146 Å². The van der Waals surface area contributed by atoms with E-state index in [0.717, 1.165) is 4.90 Å². The van der Waals surface area contributed by atoms with Crippen LogP contribution in [-0.2, 0) is 16.1 Å². The molecule has 0 bridgehead atoms. The van der Waals surface area contributed by atoms with Crippen LogP contribution in [0.25, 0.3) is 0 Å². The highest BCUT2D eigenvalue weighted by molar-refractivity contribution is 6.22. The first-order valence-electron chi connectivity index (χ1n) is 7.42. The highest BCUT2D eigenvalue weighted by atomic mass is 35.5. The first-order chi connectivity index (χ1) is 11.8.